The molecule has 1 aromatic carbocycles. The van der Waals surface area contributed by atoms with Crippen LogP contribution >= 0.6 is 23.2 Å². The fourth-order valence-corrected chi connectivity index (χ4v) is 2.77. The Morgan fingerprint density at radius 2 is 2.05 bits per heavy atom. The molecule has 0 bridgehead atoms. The lowest BCUT2D eigenvalue weighted by Crippen LogP contribution is -2.43. The van der Waals surface area contributed by atoms with Crippen LogP contribution in [0, 0.1) is 0 Å². The smallest absolute Gasteiger partial charge is 0.326 e. The van der Waals surface area contributed by atoms with Gasteiger partial charge in [-0.05, 0) is 18.2 Å². The number of carbonyl (C=O) groups is 1. The Morgan fingerprint density at radius 1 is 1.42 bits per heavy atom. The number of nitrogens with one attached hydrogen (secondary N) is 1. The van der Waals surface area contributed by atoms with E-state index in [-0.39, 0.29) is 14.9 Å². The van der Waals surface area contributed by atoms with Gasteiger partial charge in [-0.1, -0.05) is 23.2 Å². The summed E-state index contributed by atoms with van der Waals surface area (Å²) >= 11 is 11.4. The molecule has 9 heteroatoms. The Bertz CT molecular complexity index is 575. The van der Waals surface area contributed by atoms with Gasteiger partial charge in [0.05, 0.1) is 28.7 Å². The van der Waals surface area contributed by atoms with Gasteiger partial charge in [-0.2, -0.15) is 4.72 Å². The van der Waals surface area contributed by atoms with Crippen molar-refractivity contribution in [1.82, 2.24) is 4.72 Å². The quantitative estimate of drug-likeness (QED) is 0.780. The molecule has 0 saturated heterocycles. The third-order valence-corrected chi connectivity index (χ3v) is 4.38. The number of esters is 1. The molecule has 0 aliphatic carbocycles. The summed E-state index contributed by atoms with van der Waals surface area (Å²) in [7, 11) is -2.94. The van der Waals surface area contributed by atoms with Gasteiger partial charge in [-0.3, -0.25) is 4.79 Å². The molecule has 0 radical (unpaired) electrons. The molecule has 6 nitrogen and oxygen atoms in total. The molecule has 0 heterocycles. The molecular formula is C10H11Cl2NO5S. The van der Waals surface area contributed by atoms with E-state index in [9.17, 15) is 13.2 Å². The molecule has 1 rings (SSSR count). The van der Waals surface area contributed by atoms with Gasteiger partial charge in [0.1, 0.15) is 6.04 Å². The minimum Gasteiger partial charge on any atom is -0.468 e. The van der Waals surface area contributed by atoms with Gasteiger partial charge < -0.3 is 9.84 Å². The van der Waals surface area contributed by atoms with E-state index in [4.69, 9.17) is 28.3 Å². The van der Waals surface area contributed by atoms with Crippen molar-refractivity contribution in [3.63, 3.8) is 0 Å². The second-order valence-electron chi connectivity index (χ2n) is 3.46. The van der Waals surface area contributed by atoms with Gasteiger partial charge >= 0.3 is 5.97 Å². The Labute approximate surface area is 120 Å². The molecule has 0 spiro atoms. The van der Waals surface area contributed by atoms with Gasteiger partial charge in [0.2, 0.25) is 10.0 Å². The second kappa shape index (κ2) is 6.53. The minimum atomic E-state index is -4.02. The molecule has 0 aromatic heterocycles. The monoisotopic (exact) mass is 327 g/mol. The Morgan fingerprint density at radius 3 is 2.53 bits per heavy atom. The van der Waals surface area contributed by atoms with Crippen molar-refractivity contribution in [2.45, 2.75) is 10.9 Å². The molecule has 1 atom stereocenters. The van der Waals surface area contributed by atoms with Gasteiger partial charge in [-0.25, -0.2) is 8.42 Å². The fourth-order valence-electron chi connectivity index (χ4n) is 1.20. The van der Waals surface area contributed by atoms with Crippen LogP contribution in [0.25, 0.3) is 0 Å². The highest BCUT2D eigenvalue weighted by Crippen LogP contribution is 2.24. The summed E-state index contributed by atoms with van der Waals surface area (Å²) in [4.78, 5) is 11.0. The van der Waals surface area contributed by atoms with E-state index in [2.05, 4.69) is 4.74 Å². The third-order valence-electron chi connectivity index (χ3n) is 2.17. The summed E-state index contributed by atoms with van der Waals surface area (Å²) in [5.41, 5.74) is 0. The zero-order chi connectivity index (χ0) is 14.6. The Hall–Kier alpha value is -0.860. The number of rotatable bonds is 5. The van der Waals surface area contributed by atoms with Gasteiger partial charge in [-0.15, -0.1) is 0 Å². The lowest BCUT2D eigenvalue weighted by atomic mass is 10.3. The molecule has 1 unspecified atom stereocenters. The fraction of sp³-hybridized carbons (Fsp3) is 0.300. The van der Waals surface area contributed by atoms with Crippen LogP contribution in [0.4, 0.5) is 0 Å². The SMILES string of the molecule is COC(=O)C(CO)NS(=O)(=O)c1ccc(Cl)c(Cl)c1. The van der Waals surface area contributed by atoms with Crippen molar-refractivity contribution in [3.05, 3.63) is 28.2 Å². The number of aliphatic hydroxyl groups is 1. The normalized spacial score (nSPS) is 13.1. The van der Waals surface area contributed by atoms with Crippen LogP contribution in [0.2, 0.25) is 10.0 Å². The topological polar surface area (TPSA) is 92.7 Å². The number of hydrogen-bond donors (Lipinski definition) is 2. The first-order valence-electron chi connectivity index (χ1n) is 4.98. The highest BCUT2D eigenvalue weighted by atomic mass is 35.5. The number of hydrogen-bond acceptors (Lipinski definition) is 5. The molecular weight excluding hydrogens is 317 g/mol. The van der Waals surface area contributed by atoms with E-state index < -0.39 is 28.6 Å². The second-order valence-corrected chi connectivity index (χ2v) is 5.98. The maximum absolute atomic E-state index is 12.0. The van der Waals surface area contributed by atoms with Gasteiger partial charge in [0, 0.05) is 0 Å². The summed E-state index contributed by atoms with van der Waals surface area (Å²) < 4.78 is 30.3. The average Bonchev–Trinajstić information content (AvgIpc) is 2.38. The van der Waals surface area contributed by atoms with Crippen LogP contribution in [-0.4, -0.2) is 39.3 Å². The first-order chi connectivity index (χ1) is 8.81. The summed E-state index contributed by atoms with van der Waals surface area (Å²) in [6.45, 7) is -0.729. The Kier molecular flexibility index (Phi) is 5.57. The lowest BCUT2D eigenvalue weighted by Gasteiger charge is -2.14. The Balaban J connectivity index is 3.03. The third kappa shape index (κ3) is 4.05. The summed E-state index contributed by atoms with van der Waals surface area (Å²) in [6, 6.07) is 2.29. The van der Waals surface area contributed by atoms with Crippen molar-refractivity contribution >= 4 is 39.2 Å². The first-order valence-corrected chi connectivity index (χ1v) is 7.21. The van der Waals surface area contributed by atoms with Crippen LogP contribution < -0.4 is 4.72 Å². The number of aliphatic hydroxyl groups excluding tert-OH is 1. The molecule has 0 amide bonds. The first kappa shape index (κ1) is 16.2. The number of methoxy groups -OCH3 is 1. The van der Waals surface area contributed by atoms with Crippen LogP contribution in [-0.2, 0) is 19.6 Å². The van der Waals surface area contributed by atoms with E-state index in [1.54, 1.807) is 0 Å². The highest BCUT2D eigenvalue weighted by molar-refractivity contribution is 7.89. The number of halogens is 2. The van der Waals surface area contributed by atoms with Crippen molar-refractivity contribution in [1.29, 1.82) is 0 Å². The summed E-state index contributed by atoms with van der Waals surface area (Å²) in [6.07, 6.45) is 0. The van der Waals surface area contributed by atoms with Gasteiger partial charge in [0.25, 0.3) is 0 Å². The maximum atomic E-state index is 12.0. The van der Waals surface area contributed by atoms with E-state index in [1.165, 1.54) is 12.1 Å². The average molecular weight is 328 g/mol. The van der Waals surface area contributed by atoms with E-state index >= 15 is 0 Å². The van der Waals surface area contributed by atoms with Crippen molar-refractivity contribution in [3.8, 4) is 0 Å². The lowest BCUT2D eigenvalue weighted by molar-refractivity contribution is -0.143. The van der Waals surface area contributed by atoms with Crippen LogP contribution in [0.3, 0.4) is 0 Å². The number of sulfonamides is 1. The van der Waals surface area contributed by atoms with Crippen molar-refractivity contribution in [2.24, 2.45) is 0 Å². The zero-order valence-electron chi connectivity index (χ0n) is 9.76. The number of ether oxygens (including phenoxy) is 1. The number of benzene rings is 1. The molecule has 0 aliphatic heterocycles. The summed E-state index contributed by atoms with van der Waals surface area (Å²) in [5, 5.41) is 9.22. The van der Waals surface area contributed by atoms with Gasteiger partial charge in [0.15, 0.2) is 0 Å². The van der Waals surface area contributed by atoms with E-state index in [0.29, 0.717) is 0 Å². The van der Waals surface area contributed by atoms with Crippen LogP contribution in [0.1, 0.15) is 0 Å². The number of carbonyl (C=O) groups excluding carboxylic acids is 1. The molecule has 19 heavy (non-hydrogen) atoms. The predicted molar refractivity (Wildman–Crippen MR) is 69.7 cm³/mol. The molecule has 1 aromatic rings. The van der Waals surface area contributed by atoms with Crippen molar-refractivity contribution < 1.29 is 23.1 Å². The van der Waals surface area contributed by atoms with Crippen LogP contribution in [0.15, 0.2) is 23.1 Å². The predicted octanol–water partition coefficient (Wildman–Crippen LogP) is 0.806. The largest absolute Gasteiger partial charge is 0.468 e. The molecule has 0 aliphatic rings. The molecule has 2 N–H and O–H groups in total. The molecule has 106 valence electrons. The van der Waals surface area contributed by atoms with Crippen molar-refractivity contribution in [2.75, 3.05) is 13.7 Å². The van der Waals surface area contributed by atoms with Crippen LogP contribution in [0.5, 0.6) is 0 Å². The maximum Gasteiger partial charge on any atom is 0.326 e. The van der Waals surface area contributed by atoms with E-state index in [1.807, 2.05) is 4.72 Å². The highest BCUT2D eigenvalue weighted by Gasteiger charge is 2.26. The molecule has 0 fully saturated rings. The zero-order valence-corrected chi connectivity index (χ0v) is 12.1. The standard InChI is InChI=1S/C10H11Cl2NO5S/c1-18-10(15)9(5-14)13-19(16,17)6-2-3-7(11)8(12)4-6/h2-4,9,13-14H,5H2,1H3. The molecule has 0 saturated carbocycles. The minimum absolute atomic E-state index is 0.0585. The summed E-state index contributed by atoms with van der Waals surface area (Å²) in [5.74, 6) is -0.897. The van der Waals surface area contributed by atoms with E-state index in [0.717, 1.165) is 13.2 Å².